The van der Waals surface area contributed by atoms with Crippen LogP contribution in [0.15, 0.2) is 0 Å². The second-order valence-electron chi connectivity index (χ2n) is 5.25. The molecular weight excluding hydrogens is 204 g/mol. The van der Waals surface area contributed by atoms with Crippen molar-refractivity contribution in [3.8, 4) is 12.0 Å². The van der Waals surface area contributed by atoms with E-state index in [-0.39, 0.29) is 6.29 Å². The lowest BCUT2D eigenvalue weighted by Crippen LogP contribution is -2.20. The van der Waals surface area contributed by atoms with Crippen molar-refractivity contribution in [3.05, 3.63) is 0 Å². The van der Waals surface area contributed by atoms with Crippen molar-refractivity contribution >= 4 is 8.07 Å². The van der Waals surface area contributed by atoms with E-state index in [1.54, 1.807) is 0 Å². The Kier molecular flexibility index (Phi) is 5.20. The van der Waals surface area contributed by atoms with E-state index in [9.17, 15) is 0 Å². The molecule has 15 heavy (non-hydrogen) atoms. The van der Waals surface area contributed by atoms with Crippen LogP contribution in [0.25, 0.3) is 0 Å². The Morgan fingerprint density at radius 2 is 2.13 bits per heavy atom. The number of hydrogen-bond donors (Lipinski definition) is 0. The Balaban J connectivity index is 2.10. The third-order valence-corrected chi connectivity index (χ3v) is 4.15. The molecule has 1 heterocycles. The molecule has 0 radical (unpaired) electrons. The van der Waals surface area contributed by atoms with Crippen molar-refractivity contribution in [1.82, 2.24) is 0 Å². The van der Waals surface area contributed by atoms with Crippen LogP contribution in [0.1, 0.15) is 25.7 Å². The lowest BCUT2D eigenvalue weighted by Gasteiger charge is -2.19. The Hall–Kier alpha value is -0.463. The van der Waals surface area contributed by atoms with E-state index in [0.717, 1.165) is 25.9 Å². The maximum atomic E-state index is 5.41. The van der Waals surface area contributed by atoms with Gasteiger partial charge in [0.15, 0.2) is 0 Å². The molecule has 0 saturated carbocycles. The van der Waals surface area contributed by atoms with Gasteiger partial charge in [-0.3, -0.25) is 0 Å². The van der Waals surface area contributed by atoms with Gasteiger partial charge in [-0.15, -0.1) is 0 Å². The predicted molar refractivity (Wildman–Crippen MR) is 65.2 cm³/mol. The fraction of sp³-hybridized carbons (Fsp3) is 0.833. The first-order chi connectivity index (χ1) is 7.08. The Morgan fingerprint density at radius 3 is 2.73 bits per heavy atom. The summed E-state index contributed by atoms with van der Waals surface area (Å²) in [5.41, 5.74) is 0. The highest BCUT2D eigenvalue weighted by molar-refractivity contribution is 6.76. The second kappa shape index (κ2) is 6.19. The molecule has 1 atom stereocenters. The highest BCUT2D eigenvalue weighted by atomic mass is 28.3. The van der Waals surface area contributed by atoms with Crippen LogP contribution in [0.5, 0.6) is 0 Å². The molecule has 0 aromatic heterocycles. The quantitative estimate of drug-likeness (QED) is 0.543. The molecule has 1 unspecified atom stereocenters. The van der Waals surface area contributed by atoms with Crippen molar-refractivity contribution in [2.75, 3.05) is 6.61 Å². The van der Waals surface area contributed by atoms with Gasteiger partial charge in [-0.1, -0.05) is 25.6 Å². The third kappa shape index (κ3) is 6.59. The first kappa shape index (κ1) is 12.6. The first-order valence-corrected chi connectivity index (χ1v) is 9.54. The monoisotopic (exact) mass is 226 g/mol. The van der Waals surface area contributed by atoms with E-state index in [4.69, 9.17) is 9.47 Å². The van der Waals surface area contributed by atoms with Gasteiger partial charge in [0.25, 0.3) is 0 Å². The van der Waals surface area contributed by atoms with Crippen LogP contribution < -0.4 is 0 Å². The van der Waals surface area contributed by atoms with Crippen molar-refractivity contribution < 1.29 is 9.47 Å². The lowest BCUT2D eigenvalue weighted by atomic mass is 10.2. The minimum atomic E-state index is -0.936. The molecule has 0 N–H and O–H groups in total. The van der Waals surface area contributed by atoms with Crippen molar-refractivity contribution in [2.24, 2.45) is 0 Å². The van der Waals surface area contributed by atoms with Crippen molar-refractivity contribution in [2.45, 2.75) is 57.7 Å². The summed E-state index contributed by atoms with van der Waals surface area (Å²) in [5.74, 6) is 3.07. The standard InChI is InChI=1S/C12H22O2Si/c1-15(2,3)11-7-6-10-14-12-8-4-5-9-13-12/h12H,4-5,7-9,11H2,1-3H3. The van der Waals surface area contributed by atoms with Crippen LogP contribution in [0.3, 0.4) is 0 Å². The van der Waals surface area contributed by atoms with Crippen molar-refractivity contribution in [3.63, 3.8) is 0 Å². The van der Waals surface area contributed by atoms with E-state index in [1.165, 1.54) is 12.5 Å². The molecule has 3 heteroatoms. The molecule has 0 aromatic carbocycles. The molecule has 1 rings (SSSR count). The highest BCUT2D eigenvalue weighted by Gasteiger charge is 2.13. The van der Waals surface area contributed by atoms with Gasteiger partial charge in [0.2, 0.25) is 6.29 Å². The fourth-order valence-electron chi connectivity index (χ4n) is 1.40. The minimum Gasteiger partial charge on any atom is -0.414 e. The summed E-state index contributed by atoms with van der Waals surface area (Å²) in [7, 11) is -0.936. The molecule has 0 spiro atoms. The lowest BCUT2D eigenvalue weighted by molar-refractivity contribution is -0.121. The summed E-state index contributed by atoms with van der Waals surface area (Å²) in [6.07, 6.45) is 7.00. The second-order valence-corrected chi connectivity index (χ2v) is 10.9. The average Bonchev–Trinajstić information content (AvgIpc) is 2.17. The Morgan fingerprint density at radius 1 is 1.33 bits per heavy atom. The van der Waals surface area contributed by atoms with Crippen LogP contribution in [0.2, 0.25) is 25.7 Å². The predicted octanol–water partition coefficient (Wildman–Crippen LogP) is 3.22. The average molecular weight is 226 g/mol. The summed E-state index contributed by atoms with van der Waals surface area (Å²) in [6, 6.07) is 1.24. The Bertz CT molecular complexity index is 228. The molecule has 0 aliphatic carbocycles. The number of hydrogen-bond acceptors (Lipinski definition) is 2. The zero-order chi connectivity index (χ0) is 11.1. The maximum absolute atomic E-state index is 5.41. The van der Waals surface area contributed by atoms with Crippen LogP contribution in [-0.4, -0.2) is 21.0 Å². The van der Waals surface area contributed by atoms with Crippen LogP contribution in [0.4, 0.5) is 0 Å². The molecule has 0 bridgehead atoms. The third-order valence-electron chi connectivity index (χ3n) is 2.40. The summed E-state index contributed by atoms with van der Waals surface area (Å²) >= 11 is 0. The van der Waals surface area contributed by atoms with E-state index in [0.29, 0.717) is 0 Å². The van der Waals surface area contributed by atoms with E-state index >= 15 is 0 Å². The fourth-order valence-corrected chi connectivity index (χ4v) is 2.28. The first-order valence-electron chi connectivity index (χ1n) is 5.83. The summed E-state index contributed by atoms with van der Waals surface area (Å²) < 4.78 is 10.7. The van der Waals surface area contributed by atoms with Gasteiger partial charge in [-0.2, -0.15) is 0 Å². The highest BCUT2D eigenvalue weighted by Crippen LogP contribution is 2.13. The minimum absolute atomic E-state index is 0.0712. The molecule has 2 nitrogen and oxygen atoms in total. The van der Waals surface area contributed by atoms with Crippen LogP contribution in [0, 0.1) is 12.0 Å². The van der Waals surface area contributed by atoms with Gasteiger partial charge >= 0.3 is 0 Å². The molecule has 1 saturated heterocycles. The van der Waals surface area contributed by atoms with Gasteiger partial charge < -0.3 is 9.47 Å². The largest absolute Gasteiger partial charge is 0.414 e. The maximum Gasteiger partial charge on any atom is 0.210 e. The molecule has 1 aliphatic heterocycles. The molecule has 1 aliphatic rings. The molecule has 86 valence electrons. The smallest absolute Gasteiger partial charge is 0.210 e. The topological polar surface area (TPSA) is 18.5 Å². The van der Waals surface area contributed by atoms with Gasteiger partial charge in [0.05, 0.1) is 6.61 Å². The van der Waals surface area contributed by atoms with E-state index in [2.05, 4.69) is 31.7 Å². The normalized spacial score (nSPS) is 21.7. The number of ether oxygens (including phenoxy) is 2. The summed E-state index contributed by atoms with van der Waals surface area (Å²) in [6.45, 7) is 7.90. The zero-order valence-electron chi connectivity index (χ0n) is 10.1. The van der Waals surface area contributed by atoms with E-state index in [1.807, 2.05) is 0 Å². The number of rotatable bonds is 3. The summed E-state index contributed by atoms with van der Waals surface area (Å²) in [4.78, 5) is 0. The molecule has 0 aromatic rings. The molecule has 1 fully saturated rings. The van der Waals surface area contributed by atoms with Gasteiger partial charge in [-0.05, 0) is 18.9 Å². The zero-order valence-corrected chi connectivity index (χ0v) is 11.1. The van der Waals surface area contributed by atoms with Gasteiger partial charge in [-0.25, -0.2) is 0 Å². The van der Waals surface area contributed by atoms with Crippen LogP contribution >= 0.6 is 0 Å². The van der Waals surface area contributed by atoms with Gasteiger partial charge in [0, 0.05) is 20.9 Å². The molecule has 0 amide bonds. The van der Waals surface area contributed by atoms with Gasteiger partial charge in [0.1, 0.15) is 6.11 Å². The SMILES string of the molecule is C[Si](C)(C)CCC#COC1CCCCO1. The van der Waals surface area contributed by atoms with E-state index < -0.39 is 8.07 Å². The van der Waals surface area contributed by atoms with Crippen molar-refractivity contribution in [1.29, 1.82) is 0 Å². The summed E-state index contributed by atoms with van der Waals surface area (Å²) in [5, 5.41) is 0. The Labute approximate surface area is 94.4 Å². The molecular formula is C12H22O2Si. The van der Waals surface area contributed by atoms with Crippen LogP contribution in [-0.2, 0) is 9.47 Å².